The van der Waals surface area contributed by atoms with Gasteiger partial charge in [0.15, 0.2) is 0 Å². The lowest BCUT2D eigenvalue weighted by Crippen LogP contribution is -2.34. The van der Waals surface area contributed by atoms with Crippen LogP contribution in [-0.2, 0) is 13.1 Å². The molecule has 3 aromatic rings. The van der Waals surface area contributed by atoms with Crippen molar-refractivity contribution in [1.29, 1.82) is 0 Å². The van der Waals surface area contributed by atoms with Gasteiger partial charge in [-0.3, -0.25) is 4.98 Å². The lowest BCUT2D eigenvalue weighted by atomic mass is 10.2. The first-order chi connectivity index (χ1) is 11.7. The second-order valence-electron chi connectivity index (χ2n) is 5.22. The van der Waals surface area contributed by atoms with Crippen LogP contribution < -0.4 is 5.32 Å². The van der Waals surface area contributed by atoms with Gasteiger partial charge in [0.05, 0.1) is 17.9 Å². The number of anilines is 1. The first-order valence-electron chi connectivity index (χ1n) is 7.44. The summed E-state index contributed by atoms with van der Waals surface area (Å²) in [7, 11) is 0. The van der Waals surface area contributed by atoms with Gasteiger partial charge in [0.25, 0.3) is 0 Å². The van der Waals surface area contributed by atoms with Crippen LogP contribution in [0.1, 0.15) is 11.3 Å². The predicted molar refractivity (Wildman–Crippen MR) is 93.2 cm³/mol. The Morgan fingerprint density at radius 2 is 1.96 bits per heavy atom. The van der Waals surface area contributed by atoms with Crippen molar-refractivity contribution in [3.05, 3.63) is 82.6 Å². The number of amides is 2. The maximum absolute atomic E-state index is 13.8. The van der Waals surface area contributed by atoms with Crippen LogP contribution in [0.5, 0.6) is 0 Å². The zero-order chi connectivity index (χ0) is 16.8. The molecule has 0 aliphatic carbocycles. The number of nitrogens with zero attached hydrogens (tertiary/aromatic N) is 2. The van der Waals surface area contributed by atoms with Crippen molar-refractivity contribution < 1.29 is 9.18 Å². The Hall–Kier alpha value is -2.73. The summed E-state index contributed by atoms with van der Waals surface area (Å²) in [5.74, 6) is -0.459. The minimum Gasteiger partial charge on any atom is -0.314 e. The average molecular weight is 341 g/mol. The molecular weight excluding hydrogens is 325 g/mol. The van der Waals surface area contributed by atoms with Crippen LogP contribution in [0.2, 0.25) is 0 Å². The zero-order valence-corrected chi connectivity index (χ0v) is 13.7. The van der Waals surface area contributed by atoms with E-state index in [4.69, 9.17) is 0 Å². The number of aromatic nitrogens is 1. The first-order valence-corrected chi connectivity index (χ1v) is 8.38. The highest BCUT2D eigenvalue weighted by molar-refractivity contribution is 7.07. The van der Waals surface area contributed by atoms with E-state index in [0.29, 0.717) is 13.1 Å². The molecule has 1 N–H and O–H groups in total. The highest BCUT2D eigenvalue weighted by Gasteiger charge is 2.17. The van der Waals surface area contributed by atoms with Gasteiger partial charge in [0.1, 0.15) is 5.82 Å². The summed E-state index contributed by atoms with van der Waals surface area (Å²) in [6.07, 6.45) is 1.69. The van der Waals surface area contributed by atoms with E-state index in [-0.39, 0.29) is 11.7 Å². The molecule has 4 nitrogen and oxygen atoms in total. The van der Waals surface area contributed by atoms with Crippen molar-refractivity contribution in [2.75, 3.05) is 5.32 Å². The molecule has 0 spiro atoms. The monoisotopic (exact) mass is 341 g/mol. The van der Waals surface area contributed by atoms with E-state index in [1.807, 2.05) is 35.0 Å². The summed E-state index contributed by atoms with van der Waals surface area (Å²) >= 11 is 1.57. The summed E-state index contributed by atoms with van der Waals surface area (Å²) in [5.41, 5.74) is 1.97. The van der Waals surface area contributed by atoms with E-state index in [1.54, 1.807) is 34.6 Å². The largest absolute Gasteiger partial charge is 0.322 e. The molecule has 0 saturated heterocycles. The molecule has 24 heavy (non-hydrogen) atoms. The number of hydrogen-bond acceptors (Lipinski definition) is 3. The SMILES string of the molecule is O=C(Nc1ccccc1F)N(Cc1ccsc1)Cc1ccccn1. The van der Waals surface area contributed by atoms with E-state index in [1.165, 1.54) is 12.1 Å². The van der Waals surface area contributed by atoms with Crippen LogP contribution in [0.25, 0.3) is 0 Å². The first kappa shape index (κ1) is 16.1. The van der Waals surface area contributed by atoms with E-state index < -0.39 is 5.82 Å². The van der Waals surface area contributed by atoms with Crippen molar-refractivity contribution in [2.45, 2.75) is 13.1 Å². The minimum atomic E-state index is -0.459. The Kier molecular flexibility index (Phi) is 5.18. The zero-order valence-electron chi connectivity index (χ0n) is 12.9. The third kappa shape index (κ3) is 4.17. The van der Waals surface area contributed by atoms with E-state index in [0.717, 1.165) is 11.3 Å². The van der Waals surface area contributed by atoms with Gasteiger partial charge in [-0.1, -0.05) is 18.2 Å². The van der Waals surface area contributed by atoms with Crippen LogP contribution in [0, 0.1) is 5.82 Å². The molecule has 0 saturated carbocycles. The van der Waals surface area contributed by atoms with E-state index >= 15 is 0 Å². The van der Waals surface area contributed by atoms with Crippen LogP contribution in [-0.4, -0.2) is 15.9 Å². The number of rotatable bonds is 5. The number of urea groups is 1. The lowest BCUT2D eigenvalue weighted by Gasteiger charge is -2.22. The number of benzene rings is 1. The Balaban J connectivity index is 1.77. The molecule has 2 aromatic heterocycles. The van der Waals surface area contributed by atoms with Crippen molar-refractivity contribution >= 4 is 23.1 Å². The van der Waals surface area contributed by atoms with E-state index in [9.17, 15) is 9.18 Å². The number of carbonyl (C=O) groups is 1. The van der Waals surface area contributed by atoms with Crippen LogP contribution in [0.4, 0.5) is 14.9 Å². The van der Waals surface area contributed by atoms with Gasteiger partial charge in [-0.25, -0.2) is 9.18 Å². The summed E-state index contributed by atoms with van der Waals surface area (Å²) in [6.45, 7) is 0.775. The van der Waals surface area contributed by atoms with Crippen molar-refractivity contribution in [2.24, 2.45) is 0 Å². The molecule has 0 unspecified atom stereocenters. The van der Waals surface area contributed by atoms with E-state index in [2.05, 4.69) is 10.3 Å². The quantitative estimate of drug-likeness (QED) is 0.742. The van der Waals surface area contributed by atoms with Crippen molar-refractivity contribution in [1.82, 2.24) is 9.88 Å². The van der Waals surface area contributed by atoms with Gasteiger partial charge >= 0.3 is 6.03 Å². The summed E-state index contributed by atoms with van der Waals surface area (Å²) in [6, 6.07) is 13.3. The van der Waals surface area contributed by atoms with Crippen LogP contribution in [0.3, 0.4) is 0 Å². The third-order valence-corrected chi connectivity index (χ3v) is 4.17. The van der Waals surface area contributed by atoms with Gasteiger partial charge < -0.3 is 10.2 Å². The van der Waals surface area contributed by atoms with Crippen molar-refractivity contribution in [3.8, 4) is 0 Å². The fourth-order valence-corrected chi connectivity index (χ4v) is 2.91. The van der Waals surface area contributed by atoms with Gasteiger partial charge in [-0.2, -0.15) is 11.3 Å². The smallest absolute Gasteiger partial charge is 0.314 e. The Morgan fingerprint density at radius 1 is 1.12 bits per heavy atom. The number of pyridine rings is 1. The number of nitrogens with one attached hydrogen (secondary N) is 1. The molecule has 1 aromatic carbocycles. The van der Waals surface area contributed by atoms with Gasteiger partial charge in [0, 0.05) is 12.7 Å². The Bertz CT molecular complexity index is 793. The number of hydrogen-bond donors (Lipinski definition) is 1. The molecule has 2 amide bonds. The second kappa shape index (κ2) is 7.70. The Labute approximate surface area is 143 Å². The van der Waals surface area contributed by atoms with Crippen LogP contribution >= 0.6 is 11.3 Å². The maximum Gasteiger partial charge on any atom is 0.322 e. The fourth-order valence-electron chi connectivity index (χ4n) is 2.25. The lowest BCUT2D eigenvalue weighted by molar-refractivity contribution is 0.205. The van der Waals surface area contributed by atoms with Gasteiger partial charge in [-0.05, 0) is 46.7 Å². The highest BCUT2D eigenvalue weighted by Crippen LogP contribution is 2.16. The molecule has 6 heteroatoms. The number of para-hydroxylation sites is 1. The molecule has 0 atom stereocenters. The van der Waals surface area contributed by atoms with Crippen LogP contribution in [0.15, 0.2) is 65.5 Å². The summed E-state index contributed by atoms with van der Waals surface area (Å²) in [5, 5.41) is 6.58. The molecular formula is C18H16FN3OS. The molecule has 2 heterocycles. The Morgan fingerprint density at radius 3 is 2.67 bits per heavy atom. The number of carbonyl (C=O) groups excluding carboxylic acids is 1. The van der Waals surface area contributed by atoms with Crippen molar-refractivity contribution in [3.63, 3.8) is 0 Å². The molecule has 122 valence electrons. The second-order valence-corrected chi connectivity index (χ2v) is 6.00. The standard InChI is InChI=1S/C18H16FN3OS/c19-16-6-1-2-7-17(16)21-18(23)22(11-14-8-10-24-13-14)12-15-5-3-4-9-20-15/h1-10,13H,11-12H2,(H,21,23). The molecule has 0 aliphatic rings. The number of halogens is 1. The summed E-state index contributed by atoms with van der Waals surface area (Å²) < 4.78 is 13.8. The maximum atomic E-state index is 13.8. The fraction of sp³-hybridized carbons (Fsp3) is 0.111. The number of thiophene rings is 1. The molecule has 0 aliphatic heterocycles. The third-order valence-electron chi connectivity index (χ3n) is 3.44. The van der Waals surface area contributed by atoms with Gasteiger partial charge in [-0.15, -0.1) is 0 Å². The average Bonchev–Trinajstić information content (AvgIpc) is 3.10. The minimum absolute atomic E-state index is 0.166. The predicted octanol–water partition coefficient (Wildman–Crippen LogP) is 4.52. The molecule has 0 radical (unpaired) electrons. The molecule has 3 rings (SSSR count). The molecule has 0 bridgehead atoms. The highest BCUT2D eigenvalue weighted by atomic mass is 32.1. The molecule has 0 fully saturated rings. The topological polar surface area (TPSA) is 45.2 Å². The normalized spacial score (nSPS) is 10.4. The summed E-state index contributed by atoms with van der Waals surface area (Å²) in [4.78, 5) is 18.5. The van der Waals surface area contributed by atoms with Gasteiger partial charge in [0.2, 0.25) is 0 Å².